The molecule has 3 rings (SSSR count). The fourth-order valence-corrected chi connectivity index (χ4v) is 2.89. The van der Waals surface area contributed by atoms with Gasteiger partial charge < -0.3 is 16.0 Å². The molecule has 3 N–H and O–H groups in total. The van der Waals surface area contributed by atoms with Gasteiger partial charge in [-0.3, -0.25) is 0 Å². The highest BCUT2D eigenvalue weighted by Crippen LogP contribution is 2.36. The number of nitrogens with zero attached hydrogens (tertiary/aromatic N) is 3. The molecule has 1 aliphatic rings. The van der Waals surface area contributed by atoms with Gasteiger partial charge in [0, 0.05) is 24.3 Å². The monoisotopic (exact) mass is 283 g/mol. The Morgan fingerprint density at radius 3 is 2.95 bits per heavy atom. The largest absolute Gasteiger partial charge is 0.370 e. The van der Waals surface area contributed by atoms with Crippen molar-refractivity contribution in [3.63, 3.8) is 0 Å². The van der Waals surface area contributed by atoms with Crippen LogP contribution in [0.3, 0.4) is 0 Å². The molecule has 2 heterocycles. The molecule has 0 saturated carbocycles. The van der Waals surface area contributed by atoms with E-state index in [9.17, 15) is 0 Å². The number of aromatic nitrogens is 2. The number of hydrogen-bond acceptors (Lipinski definition) is 5. The normalized spacial score (nSPS) is 17.4. The molecular formula is C16H21N5. The number of para-hydroxylation sites is 1. The molecule has 2 aromatic rings. The third kappa shape index (κ3) is 2.63. The third-order valence-electron chi connectivity index (χ3n) is 3.86. The number of nitrogens with two attached hydrogens (primary N) is 1. The maximum atomic E-state index is 5.87. The number of benzene rings is 1. The Bertz CT molecular complexity index is 640. The van der Waals surface area contributed by atoms with Crippen molar-refractivity contribution in [1.82, 2.24) is 9.97 Å². The molecule has 0 radical (unpaired) electrons. The van der Waals surface area contributed by atoms with Gasteiger partial charge in [0.15, 0.2) is 0 Å². The van der Waals surface area contributed by atoms with Crippen LogP contribution in [-0.4, -0.2) is 22.6 Å². The van der Waals surface area contributed by atoms with E-state index in [-0.39, 0.29) is 0 Å². The van der Waals surface area contributed by atoms with Crippen LogP contribution in [0.15, 0.2) is 30.3 Å². The van der Waals surface area contributed by atoms with Crippen molar-refractivity contribution in [2.75, 3.05) is 22.5 Å². The Morgan fingerprint density at radius 1 is 1.33 bits per heavy atom. The first-order chi connectivity index (χ1) is 10.2. The van der Waals surface area contributed by atoms with Crippen molar-refractivity contribution >= 4 is 23.3 Å². The first kappa shape index (κ1) is 13.7. The van der Waals surface area contributed by atoms with Gasteiger partial charge in [-0.25, -0.2) is 0 Å². The van der Waals surface area contributed by atoms with Crippen LogP contribution in [-0.2, 0) is 6.42 Å². The first-order valence-corrected chi connectivity index (χ1v) is 7.44. The Hall–Kier alpha value is -2.30. The molecule has 0 aliphatic carbocycles. The van der Waals surface area contributed by atoms with Crippen LogP contribution in [0, 0.1) is 0 Å². The van der Waals surface area contributed by atoms with Crippen LogP contribution >= 0.6 is 0 Å². The highest BCUT2D eigenvalue weighted by Gasteiger charge is 2.25. The predicted octanol–water partition coefficient (Wildman–Crippen LogP) is 2.96. The van der Waals surface area contributed by atoms with Crippen LogP contribution in [0.1, 0.15) is 25.8 Å². The van der Waals surface area contributed by atoms with E-state index in [4.69, 9.17) is 5.73 Å². The standard InChI is InChI=1S/C16H21N5/c1-3-18-14-10-15(20-16(17)19-14)21-11(2)8-9-12-6-4-5-7-13(12)21/h4-7,10-11H,3,8-9H2,1-2H3,(H3,17,18,19,20). The molecule has 5 nitrogen and oxygen atoms in total. The molecule has 1 aromatic heterocycles. The maximum Gasteiger partial charge on any atom is 0.223 e. The van der Waals surface area contributed by atoms with E-state index in [0.29, 0.717) is 12.0 Å². The molecule has 1 aliphatic heterocycles. The summed E-state index contributed by atoms with van der Waals surface area (Å²) in [4.78, 5) is 10.9. The average molecular weight is 283 g/mol. The van der Waals surface area contributed by atoms with E-state index >= 15 is 0 Å². The van der Waals surface area contributed by atoms with Gasteiger partial charge in [0.25, 0.3) is 0 Å². The summed E-state index contributed by atoms with van der Waals surface area (Å²) < 4.78 is 0. The molecule has 0 bridgehead atoms. The quantitative estimate of drug-likeness (QED) is 0.906. The summed E-state index contributed by atoms with van der Waals surface area (Å²) >= 11 is 0. The lowest BCUT2D eigenvalue weighted by atomic mass is 9.96. The van der Waals surface area contributed by atoms with Gasteiger partial charge in [-0.15, -0.1) is 0 Å². The summed E-state index contributed by atoms with van der Waals surface area (Å²) in [6.45, 7) is 5.07. The minimum Gasteiger partial charge on any atom is -0.370 e. The molecule has 5 heteroatoms. The molecule has 0 amide bonds. The van der Waals surface area contributed by atoms with Crippen LogP contribution in [0.2, 0.25) is 0 Å². The summed E-state index contributed by atoms with van der Waals surface area (Å²) in [5.41, 5.74) is 8.45. The second-order valence-electron chi connectivity index (χ2n) is 5.39. The second-order valence-corrected chi connectivity index (χ2v) is 5.39. The Labute approximate surface area is 125 Å². The van der Waals surface area contributed by atoms with Crippen LogP contribution in [0.25, 0.3) is 0 Å². The highest BCUT2D eigenvalue weighted by molar-refractivity contribution is 5.68. The number of aryl methyl sites for hydroxylation is 1. The van der Waals surface area contributed by atoms with Gasteiger partial charge in [0.1, 0.15) is 11.6 Å². The first-order valence-electron chi connectivity index (χ1n) is 7.44. The number of nitrogen functional groups attached to an aromatic ring is 1. The van der Waals surface area contributed by atoms with Crippen LogP contribution < -0.4 is 16.0 Å². The highest BCUT2D eigenvalue weighted by atomic mass is 15.2. The zero-order valence-electron chi connectivity index (χ0n) is 12.5. The van der Waals surface area contributed by atoms with Gasteiger partial charge in [0.2, 0.25) is 5.95 Å². The van der Waals surface area contributed by atoms with Crippen molar-refractivity contribution < 1.29 is 0 Å². The Balaban J connectivity index is 2.07. The summed E-state index contributed by atoms with van der Waals surface area (Å²) in [5.74, 6) is 1.94. The number of hydrogen-bond donors (Lipinski definition) is 2. The van der Waals surface area contributed by atoms with Gasteiger partial charge in [-0.1, -0.05) is 18.2 Å². The van der Waals surface area contributed by atoms with E-state index in [2.05, 4.69) is 51.4 Å². The maximum absolute atomic E-state index is 5.87. The number of nitrogens with one attached hydrogen (secondary N) is 1. The van der Waals surface area contributed by atoms with Crippen LogP contribution in [0.4, 0.5) is 23.3 Å². The number of anilines is 4. The summed E-state index contributed by atoms with van der Waals surface area (Å²) in [6.07, 6.45) is 2.21. The van der Waals surface area contributed by atoms with Crippen molar-refractivity contribution in [1.29, 1.82) is 0 Å². The van der Waals surface area contributed by atoms with E-state index in [1.165, 1.54) is 11.3 Å². The molecule has 21 heavy (non-hydrogen) atoms. The molecule has 110 valence electrons. The molecular weight excluding hydrogens is 262 g/mol. The molecule has 0 fully saturated rings. The van der Waals surface area contributed by atoms with E-state index in [0.717, 1.165) is 31.0 Å². The Morgan fingerprint density at radius 2 is 2.14 bits per heavy atom. The second kappa shape index (κ2) is 5.60. The lowest BCUT2D eigenvalue weighted by Gasteiger charge is -2.36. The van der Waals surface area contributed by atoms with Gasteiger partial charge in [0.05, 0.1) is 0 Å². The van der Waals surface area contributed by atoms with Crippen molar-refractivity contribution in [3.05, 3.63) is 35.9 Å². The fraction of sp³-hybridized carbons (Fsp3) is 0.375. The van der Waals surface area contributed by atoms with Gasteiger partial charge in [-0.05, 0) is 38.3 Å². The lowest BCUT2D eigenvalue weighted by Crippen LogP contribution is -2.34. The summed E-state index contributed by atoms with van der Waals surface area (Å²) in [7, 11) is 0. The predicted molar refractivity (Wildman–Crippen MR) is 87.0 cm³/mol. The van der Waals surface area contributed by atoms with Crippen molar-refractivity contribution in [2.45, 2.75) is 32.7 Å². The smallest absolute Gasteiger partial charge is 0.223 e. The topological polar surface area (TPSA) is 67.1 Å². The molecule has 0 saturated heterocycles. The number of fused-ring (bicyclic) bond motifs is 1. The molecule has 1 unspecified atom stereocenters. The minimum absolute atomic E-state index is 0.304. The van der Waals surface area contributed by atoms with E-state index in [1.54, 1.807) is 0 Å². The fourth-order valence-electron chi connectivity index (χ4n) is 2.89. The lowest BCUT2D eigenvalue weighted by molar-refractivity contribution is 0.613. The SMILES string of the molecule is CCNc1cc(N2c3ccccc3CCC2C)nc(N)n1. The molecule has 1 aromatic carbocycles. The number of rotatable bonds is 3. The van der Waals surface area contributed by atoms with Crippen LogP contribution in [0.5, 0.6) is 0 Å². The molecule has 1 atom stereocenters. The zero-order chi connectivity index (χ0) is 14.8. The average Bonchev–Trinajstić information content (AvgIpc) is 2.47. The minimum atomic E-state index is 0.304. The molecule has 0 spiro atoms. The van der Waals surface area contributed by atoms with Gasteiger partial charge in [-0.2, -0.15) is 9.97 Å². The zero-order valence-corrected chi connectivity index (χ0v) is 12.5. The summed E-state index contributed by atoms with van der Waals surface area (Å²) in [5, 5.41) is 3.21. The van der Waals surface area contributed by atoms with Crippen molar-refractivity contribution in [2.24, 2.45) is 0 Å². The summed E-state index contributed by atoms with van der Waals surface area (Å²) in [6, 6.07) is 10.9. The van der Waals surface area contributed by atoms with Gasteiger partial charge >= 0.3 is 0 Å². The Kier molecular flexibility index (Phi) is 3.64. The van der Waals surface area contributed by atoms with E-state index in [1.807, 2.05) is 13.0 Å². The van der Waals surface area contributed by atoms with E-state index < -0.39 is 0 Å². The third-order valence-corrected chi connectivity index (χ3v) is 3.86. The van der Waals surface area contributed by atoms with Crippen molar-refractivity contribution in [3.8, 4) is 0 Å².